The molecule has 0 aliphatic heterocycles. The number of carbonyl (C=O) groups is 2. The third-order valence-electron chi connectivity index (χ3n) is 3.72. The fraction of sp³-hybridized carbons (Fsp3) is 0.158. The highest BCUT2D eigenvalue weighted by Crippen LogP contribution is 2.39. The Labute approximate surface area is 175 Å². The van der Waals surface area contributed by atoms with E-state index in [1.165, 1.54) is 0 Å². The molecule has 0 aliphatic rings. The maximum atomic E-state index is 14.3. The monoisotopic (exact) mass is 467 g/mol. The molecule has 6 nitrogen and oxygen atoms in total. The van der Waals surface area contributed by atoms with E-state index in [2.05, 4.69) is 14.8 Å². The van der Waals surface area contributed by atoms with Crippen LogP contribution in [0.5, 0.6) is 11.5 Å². The highest BCUT2D eigenvalue weighted by molar-refractivity contribution is 5.99. The molecule has 0 unspecified atom stereocenters. The number of alkyl halides is 3. The van der Waals surface area contributed by atoms with Crippen molar-refractivity contribution in [2.45, 2.75) is 6.18 Å². The van der Waals surface area contributed by atoms with Gasteiger partial charge >= 0.3 is 18.1 Å². The first kappa shape index (κ1) is 24.5. The lowest BCUT2D eigenvalue weighted by Gasteiger charge is -2.16. The molecular weight excluding hydrogens is 455 g/mol. The number of hydrogen-bond acceptors (Lipinski definition) is 6. The standard InChI is InChI=1S/C19H12F7NO5/c1-30-14(28)7-13(18(29)31-2)27-12-4-3-9(20)15(23)17(12)32-16-10(21)5-8(6-11(16)22)19(24,25)26/h3-7,27H,1-2H3/b13-7+. The van der Waals surface area contributed by atoms with Gasteiger partial charge < -0.3 is 19.5 Å². The summed E-state index contributed by atoms with van der Waals surface area (Å²) in [6, 6.07) is 1.08. The molecule has 2 rings (SSSR count). The van der Waals surface area contributed by atoms with E-state index in [0.29, 0.717) is 12.1 Å². The first-order valence-corrected chi connectivity index (χ1v) is 8.26. The summed E-state index contributed by atoms with van der Waals surface area (Å²) in [5, 5.41) is 2.16. The molecule has 0 radical (unpaired) electrons. The number of halogens is 7. The zero-order valence-electron chi connectivity index (χ0n) is 16.1. The topological polar surface area (TPSA) is 73.9 Å². The Morgan fingerprint density at radius 3 is 2.00 bits per heavy atom. The first-order chi connectivity index (χ1) is 14.9. The van der Waals surface area contributed by atoms with Gasteiger partial charge in [-0.05, 0) is 24.3 Å². The van der Waals surface area contributed by atoms with Gasteiger partial charge in [0.1, 0.15) is 5.70 Å². The lowest BCUT2D eigenvalue weighted by Crippen LogP contribution is -2.16. The van der Waals surface area contributed by atoms with Gasteiger partial charge in [-0.1, -0.05) is 0 Å². The van der Waals surface area contributed by atoms with Gasteiger partial charge in [-0.3, -0.25) is 0 Å². The molecule has 0 heterocycles. The van der Waals surface area contributed by atoms with E-state index in [9.17, 15) is 40.3 Å². The summed E-state index contributed by atoms with van der Waals surface area (Å²) in [4.78, 5) is 23.3. The molecular formula is C19H12F7NO5. The van der Waals surface area contributed by atoms with Crippen molar-refractivity contribution < 1.29 is 54.5 Å². The van der Waals surface area contributed by atoms with Crippen LogP contribution < -0.4 is 10.1 Å². The number of carbonyl (C=O) groups excluding carboxylic acids is 2. The van der Waals surface area contributed by atoms with Crippen LogP contribution in [-0.4, -0.2) is 26.2 Å². The molecule has 0 amide bonds. The summed E-state index contributed by atoms with van der Waals surface area (Å²) >= 11 is 0. The van der Waals surface area contributed by atoms with Crippen molar-refractivity contribution in [3.05, 3.63) is 64.9 Å². The smallest absolute Gasteiger partial charge is 0.416 e. The van der Waals surface area contributed by atoms with E-state index >= 15 is 0 Å². The minimum atomic E-state index is -5.09. The lowest BCUT2D eigenvalue weighted by molar-refractivity contribution is -0.138. The van der Waals surface area contributed by atoms with E-state index in [4.69, 9.17) is 4.74 Å². The fourth-order valence-corrected chi connectivity index (χ4v) is 2.23. The van der Waals surface area contributed by atoms with Gasteiger partial charge in [0.05, 0.1) is 31.5 Å². The molecule has 172 valence electrons. The van der Waals surface area contributed by atoms with Crippen LogP contribution in [-0.2, 0) is 25.2 Å². The van der Waals surface area contributed by atoms with E-state index in [1.54, 1.807) is 0 Å². The molecule has 13 heteroatoms. The van der Waals surface area contributed by atoms with Crippen molar-refractivity contribution in [2.75, 3.05) is 19.5 Å². The van der Waals surface area contributed by atoms with E-state index in [0.717, 1.165) is 20.3 Å². The minimum absolute atomic E-state index is 0.111. The summed E-state index contributed by atoms with van der Waals surface area (Å²) in [6.45, 7) is 0. The number of rotatable bonds is 6. The van der Waals surface area contributed by atoms with Gasteiger partial charge in [-0.15, -0.1) is 0 Å². The molecule has 0 atom stereocenters. The molecule has 2 aromatic rings. The molecule has 0 aromatic heterocycles. The predicted molar refractivity (Wildman–Crippen MR) is 93.5 cm³/mol. The van der Waals surface area contributed by atoms with Crippen molar-refractivity contribution in [3.63, 3.8) is 0 Å². The summed E-state index contributed by atoms with van der Waals surface area (Å²) in [7, 11) is 1.89. The van der Waals surface area contributed by atoms with Gasteiger partial charge in [0, 0.05) is 0 Å². The maximum Gasteiger partial charge on any atom is 0.416 e. The van der Waals surface area contributed by atoms with Crippen LogP contribution in [0, 0.1) is 23.3 Å². The quantitative estimate of drug-likeness (QED) is 0.378. The van der Waals surface area contributed by atoms with Crippen LogP contribution in [0.25, 0.3) is 0 Å². The average Bonchev–Trinajstić information content (AvgIpc) is 2.72. The second-order valence-corrected chi connectivity index (χ2v) is 5.80. The van der Waals surface area contributed by atoms with Crippen LogP contribution in [0.1, 0.15) is 5.56 Å². The Hall–Kier alpha value is -3.77. The molecule has 0 saturated heterocycles. The van der Waals surface area contributed by atoms with E-state index in [1.807, 2.05) is 0 Å². The lowest BCUT2D eigenvalue weighted by atomic mass is 10.2. The number of ether oxygens (including phenoxy) is 3. The molecule has 32 heavy (non-hydrogen) atoms. The van der Waals surface area contributed by atoms with Crippen molar-refractivity contribution >= 4 is 17.6 Å². The van der Waals surface area contributed by atoms with E-state index in [-0.39, 0.29) is 12.1 Å². The Morgan fingerprint density at radius 1 is 0.906 bits per heavy atom. The third kappa shape index (κ3) is 5.47. The second-order valence-electron chi connectivity index (χ2n) is 5.80. The molecule has 1 N–H and O–H groups in total. The van der Waals surface area contributed by atoms with Crippen LogP contribution in [0.15, 0.2) is 36.0 Å². The van der Waals surface area contributed by atoms with Crippen LogP contribution in [0.3, 0.4) is 0 Å². The van der Waals surface area contributed by atoms with Gasteiger partial charge in [0.2, 0.25) is 5.82 Å². The number of anilines is 1. The van der Waals surface area contributed by atoms with Crippen molar-refractivity contribution in [3.8, 4) is 11.5 Å². The maximum absolute atomic E-state index is 14.3. The normalized spacial score (nSPS) is 11.7. The van der Waals surface area contributed by atoms with Crippen LogP contribution in [0.2, 0.25) is 0 Å². The SMILES string of the molecule is COC(=O)/C=C(/Nc1ccc(F)c(F)c1Oc1c(F)cc(C(F)(F)F)cc1F)C(=O)OC. The first-order valence-electron chi connectivity index (χ1n) is 8.26. The third-order valence-corrected chi connectivity index (χ3v) is 3.72. The number of esters is 2. The summed E-state index contributed by atoms with van der Waals surface area (Å²) in [6.07, 6.45) is -4.53. The largest absolute Gasteiger partial charge is 0.466 e. The summed E-state index contributed by atoms with van der Waals surface area (Å²) in [5.41, 5.74) is -3.00. The molecule has 0 fully saturated rings. The van der Waals surface area contributed by atoms with E-state index < -0.39 is 69.8 Å². The zero-order valence-corrected chi connectivity index (χ0v) is 16.1. The Balaban J connectivity index is 2.57. The van der Waals surface area contributed by atoms with Gasteiger partial charge in [-0.25, -0.2) is 22.8 Å². The van der Waals surface area contributed by atoms with Crippen molar-refractivity contribution in [2.24, 2.45) is 0 Å². The summed E-state index contributed by atoms with van der Waals surface area (Å²) < 4.78 is 108. The van der Waals surface area contributed by atoms with Gasteiger partial charge in [0.25, 0.3) is 0 Å². The highest BCUT2D eigenvalue weighted by Gasteiger charge is 2.33. The molecule has 0 bridgehead atoms. The molecule has 0 spiro atoms. The Morgan fingerprint density at radius 2 is 1.50 bits per heavy atom. The van der Waals surface area contributed by atoms with Crippen LogP contribution in [0.4, 0.5) is 36.4 Å². The Bertz CT molecular complexity index is 1060. The number of nitrogens with one attached hydrogen (secondary N) is 1. The molecule has 0 aliphatic carbocycles. The van der Waals surface area contributed by atoms with Gasteiger partial charge in [-0.2, -0.15) is 17.6 Å². The minimum Gasteiger partial charge on any atom is -0.466 e. The average molecular weight is 467 g/mol. The number of hydrogen-bond donors (Lipinski definition) is 1. The fourth-order valence-electron chi connectivity index (χ4n) is 2.23. The summed E-state index contributed by atoms with van der Waals surface area (Å²) in [5.74, 6) is -12.1. The Kier molecular flexibility index (Phi) is 7.33. The highest BCUT2D eigenvalue weighted by atomic mass is 19.4. The van der Waals surface area contributed by atoms with Gasteiger partial charge in [0.15, 0.2) is 29.0 Å². The second kappa shape index (κ2) is 9.58. The van der Waals surface area contributed by atoms with Crippen LogP contribution >= 0.6 is 0 Å². The van der Waals surface area contributed by atoms with Crippen molar-refractivity contribution in [1.29, 1.82) is 0 Å². The molecule has 2 aromatic carbocycles. The predicted octanol–water partition coefficient (Wildman–Crippen LogP) is 4.70. The number of benzene rings is 2. The zero-order chi connectivity index (χ0) is 24.2. The number of methoxy groups -OCH3 is 2. The van der Waals surface area contributed by atoms with Crippen molar-refractivity contribution in [1.82, 2.24) is 0 Å². The molecule has 0 saturated carbocycles.